The Bertz CT molecular complexity index is 1670. The molecule has 1 amide bonds. The number of pyridine rings is 1. The van der Waals surface area contributed by atoms with Crippen LogP contribution in [-0.2, 0) is 4.74 Å². The van der Waals surface area contributed by atoms with Crippen molar-refractivity contribution >= 4 is 39.1 Å². The highest BCUT2D eigenvalue weighted by Gasteiger charge is 2.26. The van der Waals surface area contributed by atoms with E-state index in [0.29, 0.717) is 27.3 Å². The van der Waals surface area contributed by atoms with E-state index in [1.807, 2.05) is 99.6 Å². The molecule has 0 aliphatic heterocycles. The molecule has 0 radical (unpaired) electrons. The van der Waals surface area contributed by atoms with E-state index in [4.69, 9.17) is 14.5 Å². The topological polar surface area (TPSA) is 77.5 Å². The maximum absolute atomic E-state index is 13.9. The van der Waals surface area contributed by atoms with Crippen molar-refractivity contribution in [3.63, 3.8) is 0 Å². The van der Waals surface area contributed by atoms with Crippen LogP contribution in [0.15, 0.2) is 84.9 Å². The average Bonchev–Trinajstić information content (AvgIpc) is 3.28. The molecule has 6 nitrogen and oxygen atoms in total. The molecule has 1 N–H and O–H groups in total. The van der Waals surface area contributed by atoms with Gasteiger partial charge in [-0.25, -0.2) is 9.78 Å². The predicted molar refractivity (Wildman–Crippen MR) is 161 cm³/mol. The molecule has 40 heavy (non-hydrogen) atoms. The summed E-state index contributed by atoms with van der Waals surface area (Å²) in [4.78, 5) is 32.8. The molecule has 202 valence electrons. The number of hydrogen-bond donors (Lipinski definition) is 1. The molecule has 0 bridgehead atoms. The fraction of sp³-hybridized carbons (Fsp3) is 0.182. The van der Waals surface area contributed by atoms with Gasteiger partial charge in [0.1, 0.15) is 16.3 Å². The number of anilines is 1. The van der Waals surface area contributed by atoms with Crippen molar-refractivity contribution in [3.8, 4) is 28.1 Å². The van der Waals surface area contributed by atoms with Crippen LogP contribution in [0.5, 0.6) is 5.75 Å². The fourth-order valence-corrected chi connectivity index (χ4v) is 5.70. The van der Waals surface area contributed by atoms with E-state index in [-0.39, 0.29) is 18.6 Å². The Balaban J connectivity index is 1.56. The van der Waals surface area contributed by atoms with Crippen molar-refractivity contribution in [2.45, 2.75) is 33.8 Å². The summed E-state index contributed by atoms with van der Waals surface area (Å²) in [6.07, 6.45) is 0.0720. The molecule has 0 unspecified atom stereocenters. The number of thiophene rings is 1. The molecule has 0 saturated carbocycles. The summed E-state index contributed by atoms with van der Waals surface area (Å²) >= 11 is 1.36. The fourth-order valence-electron chi connectivity index (χ4n) is 4.64. The number of carbonyl (C=O) groups is 2. The number of para-hydroxylation sites is 1. The number of aryl methyl sites for hydroxylation is 1. The standard InChI is InChI=1S/C33H30N2O4S/c1-5-38-33(37)30-29(23-11-7-6-8-12-23)21(4)40-32(30)35-31(36)26-19-28(34-27-14-10-9-13-25(26)27)22-15-17-24(18-16-22)39-20(2)3/h6-20H,5H2,1-4H3,(H,35,36). The molecular formula is C33H30N2O4S. The van der Waals surface area contributed by atoms with E-state index in [1.54, 1.807) is 13.0 Å². The van der Waals surface area contributed by atoms with Crippen LogP contribution in [0.4, 0.5) is 5.00 Å². The van der Waals surface area contributed by atoms with E-state index in [2.05, 4.69) is 5.32 Å². The van der Waals surface area contributed by atoms with Crippen LogP contribution in [-0.4, -0.2) is 29.6 Å². The molecule has 5 rings (SSSR count). The summed E-state index contributed by atoms with van der Waals surface area (Å²) < 4.78 is 11.2. The van der Waals surface area contributed by atoms with E-state index in [9.17, 15) is 9.59 Å². The lowest BCUT2D eigenvalue weighted by molar-refractivity contribution is 0.0529. The summed E-state index contributed by atoms with van der Waals surface area (Å²) in [5.74, 6) is -0.0257. The number of nitrogens with one attached hydrogen (secondary N) is 1. The number of carbonyl (C=O) groups excluding carboxylic acids is 2. The van der Waals surface area contributed by atoms with Crippen LogP contribution in [0.1, 0.15) is 46.4 Å². The van der Waals surface area contributed by atoms with Crippen LogP contribution in [0.2, 0.25) is 0 Å². The lowest BCUT2D eigenvalue weighted by atomic mass is 10.0. The monoisotopic (exact) mass is 550 g/mol. The smallest absolute Gasteiger partial charge is 0.341 e. The third-order valence-corrected chi connectivity index (χ3v) is 7.36. The van der Waals surface area contributed by atoms with E-state index >= 15 is 0 Å². The lowest BCUT2D eigenvalue weighted by Gasteiger charge is -2.13. The zero-order valence-electron chi connectivity index (χ0n) is 22.9. The normalized spacial score (nSPS) is 11.0. The van der Waals surface area contributed by atoms with Gasteiger partial charge < -0.3 is 14.8 Å². The molecule has 3 aromatic carbocycles. The minimum absolute atomic E-state index is 0.0720. The van der Waals surface area contributed by atoms with Gasteiger partial charge >= 0.3 is 5.97 Å². The first-order valence-electron chi connectivity index (χ1n) is 13.2. The van der Waals surface area contributed by atoms with Gasteiger partial charge in [-0.3, -0.25) is 4.79 Å². The third-order valence-electron chi connectivity index (χ3n) is 6.34. The molecule has 2 aromatic heterocycles. The zero-order chi connectivity index (χ0) is 28.2. The summed E-state index contributed by atoms with van der Waals surface area (Å²) in [5, 5.41) is 4.21. The number of hydrogen-bond acceptors (Lipinski definition) is 6. The van der Waals surface area contributed by atoms with Crippen LogP contribution in [0.25, 0.3) is 33.3 Å². The number of nitrogens with zero attached hydrogens (tertiary/aromatic N) is 1. The van der Waals surface area contributed by atoms with Gasteiger partial charge in [0.15, 0.2) is 0 Å². The van der Waals surface area contributed by atoms with E-state index < -0.39 is 5.97 Å². The predicted octanol–water partition coefficient (Wildman–Crippen LogP) is 8.15. The number of ether oxygens (including phenoxy) is 2. The highest BCUT2D eigenvalue weighted by molar-refractivity contribution is 7.17. The zero-order valence-corrected chi connectivity index (χ0v) is 23.7. The molecule has 5 aromatic rings. The summed E-state index contributed by atoms with van der Waals surface area (Å²) in [6, 6.07) is 26.7. The first kappa shape index (κ1) is 27.1. The number of aromatic nitrogens is 1. The number of fused-ring (bicyclic) bond motifs is 1. The van der Waals surface area contributed by atoms with Gasteiger partial charge in [-0.1, -0.05) is 48.5 Å². The van der Waals surface area contributed by atoms with Gasteiger partial charge in [0.25, 0.3) is 5.91 Å². The van der Waals surface area contributed by atoms with Crippen molar-refractivity contribution < 1.29 is 19.1 Å². The van der Waals surface area contributed by atoms with Gasteiger partial charge in [-0.2, -0.15) is 0 Å². The average molecular weight is 551 g/mol. The first-order chi connectivity index (χ1) is 19.4. The molecular weight excluding hydrogens is 520 g/mol. The highest BCUT2D eigenvalue weighted by Crippen LogP contribution is 2.41. The Morgan fingerprint density at radius 2 is 1.62 bits per heavy atom. The van der Waals surface area contributed by atoms with Gasteiger partial charge in [0, 0.05) is 21.4 Å². The Morgan fingerprint density at radius 3 is 2.33 bits per heavy atom. The summed E-state index contributed by atoms with van der Waals surface area (Å²) in [7, 11) is 0. The Hall–Kier alpha value is -4.49. The van der Waals surface area contributed by atoms with Crippen LogP contribution in [0, 0.1) is 6.92 Å². The lowest BCUT2D eigenvalue weighted by Crippen LogP contribution is -2.15. The second-order valence-electron chi connectivity index (χ2n) is 9.54. The van der Waals surface area contributed by atoms with Gasteiger partial charge in [-0.15, -0.1) is 11.3 Å². The minimum Gasteiger partial charge on any atom is -0.491 e. The van der Waals surface area contributed by atoms with Crippen LogP contribution in [0.3, 0.4) is 0 Å². The molecule has 0 aliphatic rings. The van der Waals surface area contributed by atoms with Crippen molar-refractivity contribution in [2.75, 3.05) is 11.9 Å². The summed E-state index contributed by atoms with van der Waals surface area (Å²) in [6.45, 7) is 7.90. The molecule has 0 saturated heterocycles. The second kappa shape index (κ2) is 11.7. The van der Waals surface area contributed by atoms with Crippen molar-refractivity contribution in [1.82, 2.24) is 4.98 Å². The molecule has 2 heterocycles. The maximum Gasteiger partial charge on any atom is 0.341 e. The number of esters is 1. The molecule has 0 fully saturated rings. The Kier molecular flexibility index (Phi) is 7.94. The molecule has 0 spiro atoms. The van der Waals surface area contributed by atoms with Crippen molar-refractivity contribution in [2.24, 2.45) is 0 Å². The second-order valence-corrected chi connectivity index (χ2v) is 10.8. The number of benzene rings is 3. The first-order valence-corrected chi connectivity index (χ1v) is 14.0. The van der Waals surface area contributed by atoms with Crippen molar-refractivity contribution in [1.29, 1.82) is 0 Å². The summed E-state index contributed by atoms with van der Waals surface area (Å²) in [5.41, 5.74) is 4.71. The van der Waals surface area contributed by atoms with Gasteiger partial charge in [0.05, 0.1) is 29.5 Å². The highest BCUT2D eigenvalue weighted by atomic mass is 32.1. The molecule has 0 aliphatic carbocycles. The van der Waals surface area contributed by atoms with Gasteiger partial charge in [0.2, 0.25) is 0 Å². The minimum atomic E-state index is -0.468. The SMILES string of the molecule is CCOC(=O)c1c(NC(=O)c2cc(-c3ccc(OC(C)C)cc3)nc3ccccc23)sc(C)c1-c1ccccc1. The van der Waals surface area contributed by atoms with E-state index in [1.165, 1.54) is 11.3 Å². The molecule has 0 atom stereocenters. The number of amides is 1. The third kappa shape index (κ3) is 5.60. The van der Waals surface area contributed by atoms with Crippen LogP contribution >= 0.6 is 11.3 Å². The number of rotatable bonds is 8. The largest absolute Gasteiger partial charge is 0.491 e. The van der Waals surface area contributed by atoms with E-state index in [0.717, 1.165) is 32.7 Å². The Labute approximate surface area is 237 Å². The quantitative estimate of drug-likeness (QED) is 0.197. The maximum atomic E-state index is 13.9. The van der Waals surface area contributed by atoms with Crippen molar-refractivity contribution in [3.05, 3.63) is 101 Å². The molecule has 7 heteroatoms. The van der Waals surface area contributed by atoms with Crippen LogP contribution < -0.4 is 10.1 Å². The van der Waals surface area contributed by atoms with Gasteiger partial charge in [-0.05, 0) is 69.7 Å². The Morgan fingerprint density at radius 1 is 0.925 bits per heavy atom.